The molecular formula is C61H113N2O7P. The topological polar surface area (TPSA) is 114 Å². The van der Waals surface area contributed by atoms with Crippen LogP contribution >= 0.6 is 7.82 Å². The molecule has 3 atom stereocenters. The minimum Gasteiger partial charge on any atom is -0.756 e. The fourth-order valence-electron chi connectivity index (χ4n) is 8.29. The van der Waals surface area contributed by atoms with Crippen LogP contribution in [0.1, 0.15) is 265 Å². The van der Waals surface area contributed by atoms with Crippen LogP contribution in [0.3, 0.4) is 0 Å². The number of nitrogens with zero attached hydrogens (tertiary/aromatic N) is 1. The fraction of sp³-hybridized carbons (Fsp3) is 0.803. The minimum atomic E-state index is -4.70. The first-order valence-electron chi connectivity index (χ1n) is 29.6. The SMILES string of the molecule is CCCCC/C=C\C/C=C\C/C=C\CCCCCCCCCCC(=O)NC(COP(=O)([O-])OCC[N+](C)(C)C)C(/C=C\CCCCCCCCCCC)OC(=O)CCCCC/C=C\CCCCCCCC. The lowest BCUT2D eigenvalue weighted by atomic mass is 10.0. The Morgan fingerprint density at radius 3 is 1.34 bits per heavy atom. The average molecular weight is 1020 g/mol. The van der Waals surface area contributed by atoms with E-state index in [0.29, 0.717) is 23.9 Å². The predicted molar refractivity (Wildman–Crippen MR) is 302 cm³/mol. The Kier molecular flexibility index (Phi) is 49.6. The largest absolute Gasteiger partial charge is 0.756 e. The van der Waals surface area contributed by atoms with Crippen LogP contribution in [-0.4, -0.2) is 69.4 Å². The van der Waals surface area contributed by atoms with Gasteiger partial charge in [0, 0.05) is 12.8 Å². The lowest BCUT2D eigenvalue weighted by Gasteiger charge is -2.30. The maximum atomic E-state index is 13.5. The van der Waals surface area contributed by atoms with Gasteiger partial charge in [-0.1, -0.05) is 217 Å². The van der Waals surface area contributed by atoms with Crippen LogP contribution in [0, 0.1) is 0 Å². The van der Waals surface area contributed by atoms with E-state index in [4.69, 9.17) is 13.8 Å². The van der Waals surface area contributed by atoms with E-state index in [1.165, 1.54) is 135 Å². The van der Waals surface area contributed by atoms with Gasteiger partial charge in [0.2, 0.25) is 5.91 Å². The van der Waals surface area contributed by atoms with Crippen molar-refractivity contribution < 1.29 is 37.3 Å². The number of ether oxygens (including phenoxy) is 1. The molecule has 71 heavy (non-hydrogen) atoms. The maximum Gasteiger partial charge on any atom is 0.306 e. The molecule has 0 saturated heterocycles. The van der Waals surface area contributed by atoms with Crippen molar-refractivity contribution in [1.82, 2.24) is 5.32 Å². The Morgan fingerprint density at radius 2 is 0.859 bits per heavy atom. The molecular weight excluding hydrogens is 904 g/mol. The molecule has 0 aromatic rings. The third-order valence-corrected chi connectivity index (χ3v) is 13.9. The molecule has 0 bridgehead atoms. The van der Waals surface area contributed by atoms with Crippen molar-refractivity contribution in [1.29, 1.82) is 0 Å². The molecule has 3 unspecified atom stereocenters. The van der Waals surface area contributed by atoms with E-state index < -0.39 is 26.6 Å². The zero-order valence-electron chi connectivity index (χ0n) is 47.2. The number of quaternary nitrogens is 1. The second kappa shape index (κ2) is 51.2. The number of rotatable bonds is 53. The van der Waals surface area contributed by atoms with Gasteiger partial charge in [-0.25, -0.2) is 0 Å². The van der Waals surface area contributed by atoms with Gasteiger partial charge in [0.05, 0.1) is 33.8 Å². The molecule has 9 nitrogen and oxygen atoms in total. The summed E-state index contributed by atoms with van der Waals surface area (Å²) in [5, 5.41) is 3.01. The smallest absolute Gasteiger partial charge is 0.306 e. The Labute approximate surface area is 439 Å². The Balaban J connectivity index is 5.25. The van der Waals surface area contributed by atoms with Crippen molar-refractivity contribution in [2.75, 3.05) is 40.9 Å². The third-order valence-electron chi connectivity index (χ3n) is 12.9. The molecule has 414 valence electrons. The number of likely N-dealkylation sites (N-methyl/N-ethyl adjacent to an activating group) is 1. The van der Waals surface area contributed by atoms with Gasteiger partial charge in [-0.05, 0) is 96.0 Å². The van der Waals surface area contributed by atoms with E-state index in [1.54, 1.807) is 0 Å². The summed E-state index contributed by atoms with van der Waals surface area (Å²) in [7, 11) is 1.17. The number of phosphoric ester groups is 1. The number of hydrogen-bond acceptors (Lipinski definition) is 7. The highest BCUT2D eigenvalue weighted by Gasteiger charge is 2.27. The van der Waals surface area contributed by atoms with Gasteiger partial charge < -0.3 is 28.5 Å². The molecule has 0 aliphatic heterocycles. The standard InChI is InChI=1S/C61H113N2O7P/c1-7-10-13-16-19-22-25-27-28-29-30-31-32-33-34-36-38-41-44-47-50-53-60(64)62-58(57-69-71(66,67)68-56-55-63(4,5)6)59(52-49-46-43-40-37-24-21-18-15-12-9-3)70-61(65)54-51-48-45-42-39-35-26-23-20-17-14-11-8-2/h19,22,27-28,30-31,35,39,49,52,58-59H,7-18,20-21,23-26,29,32-34,36-38,40-48,50-51,53-57H2,1-6H3,(H-,62,64,66,67)/b22-19-,28-27-,31-30-,39-35-,52-49-. The summed E-state index contributed by atoms with van der Waals surface area (Å²) in [6, 6.07) is -0.898. The van der Waals surface area contributed by atoms with Crippen molar-refractivity contribution in [3.8, 4) is 0 Å². The summed E-state index contributed by atoms with van der Waals surface area (Å²) in [6.45, 7) is 6.79. The number of esters is 1. The minimum absolute atomic E-state index is 0.0272. The summed E-state index contributed by atoms with van der Waals surface area (Å²) in [4.78, 5) is 39.8. The van der Waals surface area contributed by atoms with Gasteiger partial charge >= 0.3 is 5.97 Å². The maximum absolute atomic E-state index is 13.5. The molecule has 0 fully saturated rings. The van der Waals surface area contributed by atoms with Crippen LogP contribution in [0.15, 0.2) is 60.8 Å². The second-order valence-electron chi connectivity index (χ2n) is 21.1. The van der Waals surface area contributed by atoms with Crippen molar-refractivity contribution >= 4 is 19.7 Å². The number of allylic oxidation sites excluding steroid dienone is 9. The molecule has 0 rings (SSSR count). The molecule has 0 aromatic heterocycles. The van der Waals surface area contributed by atoms with E-state index in [1.807, 2.05) is 33.3 Å². The van der Waals surface area contributed by atoms with Gasteiger partial charge in [-0.15, -0.1) is 0 Å². The number of amides is 1. The summed E-state index contributed by atoms with van der Waals surface area (Å²) >= 11 is 0. The molecule has 0 spiro atoms. The quantitative estimate of drug-likeness (QED) is 0.0212. The summed E-state index contributed by atoms with van der Waals surface area (Å²) in [6.07, 6.45) is 63.3. The predicted octanol–water partition coefficient (Wildman–Crippen LogP) is 17.3. The van der Waals surface area contributed by atoms with Crippen molar-refractivity contribution in [3.05, 3.63) is 60.8 Å². The number of carbonyl (C=O) groups is 2. The first-order valence-corrected chi connectivity index (χ1v) is 31.1. The lowest BCUT2D eigenvalue weighted by Crippen LogP contribution is -2.47. The van der Waals surface area contributed by atoms with Crippen molar-refractivity contribution in [3.63, 3.8) is 0 Å². The highest BCUT2D eigenvalue weighted by Crippen LogP contribution is 2.38. The van der Waals surface area contributed by atoms with Crippen LogP contribution in [0.25, 0.3) is 0 Å². The first-order chi connectivity index (χ1) is 34.4. The van der Waals surface area contributed by atoms with Crippen LogP contribution < -0.4 is 10.2 Å². The van der Waals surface area contributed by atoms with Gasteiger partial charge in [0.1, 0.15) is 19.3 Å². The Bertz CT molecular complexity index is 1400. The lowest BCUT2D eigenvalue weighted by molar-refractivity contribution is -0.870. The Hall–Kier alpha value is -2.29. The molecule has 1 amide bonds. The van der Waals surface area contributed by atoms with E-state index in [-0.39, 0.29) is 24.9 Å². The molecule has 0 aliphatic carbocycles. The number of hydrogen-bond donors (Lipinski definition) is 1. The number of unbranched alkanes of at least 4 members (excludes halogenated alkanes) is 29. The Morgan fingerprint density at radius 1 is 0.493 bits per heavy atom. The van der Waals surface area contributed by atoms with Gasteiger partial charge in [0.25, 0.3) is 7.82 Å². The van der Waals surface area contributed by atoms with Gasteiger partial charge in [-0.2, -0.15) is 0 Å². The first kappa shape index (κ1) is 68.7. The monoisotopic (exact) mass is 1020 g/mol. The van der Waals surface area contributed by atoms with Crippen LogP contribution in [0.5, 0.6) is 0 Å². The zero-order chi connectivity index (χ0) is 52.2. The molecule has 10 heteroatoms. The van der Waals surface area contributed by atoms with E-state index >= 15 is 0 Å². The number of phosphoric acid groups is 1. The highest BCUT2D eigenvalue weighted by atomic mass is 31.2. The molecule has 0 saturated carbocycles. The molecule has 0 radical (unpaired) electrons. The normalized spacial score (nSPS) is 14.2. The summed E-state index contributed by atoms with van der Waals surface area (Å²) in [5.74, 6) is -0.567. The van der Waals surface area contributed by atoms with Crippen LogP contribution in [0.4, 0.5) is 0 Å². The number of carbonyl (C=O) groups excluding carboxylic acids is 2. The van der Waals surface area contributed by atoms with E-state index in [9.17, 15) is 19.0 Å². The van der Waals surface area contributed by atoms with E-state index in [0.717, 1.165) is 89.9 Å². The van der Waals surface area contributed by atoms with Gasteiger partial charge in [-0.3, -0.25) is 14.2 Å². The van der Waals surface area contributed by atoms with Crippen LogP contribution in [0.2, 0.25) is 0 Å². The average Bonchev–Trinajstić information content (AvgIpc) is 3.33. The molecule has 1 N–H and O–H groups in total. The van der Waals surface area contributed by atoms with Gasteiger partial charge in [0.15, 0.2) is 0 Å². The second-order valence-corrected chi connectivity index (χ2v) is 22.6. The molecule has 0 aliphatic rings. The highest BCUT2D eigenvalue weighted by molar-refractivity contribution is 7.45. The van der Waals surface area contributed by atoms with Crippen LogP contribution in [-0.2, 0) is 27.9 Å². The molecule has 0 aromatic carbocycles. The fourth-order valence-corrected chi connectivity index (χ4v) is 9.01. The van der Waals surface area contributed by atoms with E-state index in [2.05, 4.69) is 74.7 Å². The summed E-state index contributed by atoms with van der Waals surface area (Å²) in [5.41, 5.74) is 0. The third kappa shape index (κ3) is 52.4. The summed E-state index contributed by atoms with van der Waals surface area (Å²) < 4.78 is 30.2. The molecule has 0 heterocycles. The van der Waals surface area contributed by atoms with Crippen molar-refractivity contribution in [2.45, 2.75) is 277 Å². The van der Waals surface area contributed by atoms with Crippen molar-refractivity contribution in [2.24, 2.45) is 0 Å². The zero-order valence-corrected chi connectivity index (χ0v) is 48.1. The number of nitrogens with one attached hydrogen (secondary N) is 1.